The molecule has 0 heterocycles. The molecule has 1 unspecified atom stereocenters. The van der Waals surface area contributed by atoms with Gasteiger partial charge in [0.05, 0.1) is 6.61 Å². The molecule has 0 aromatic rings. The Labute approximate surface area is 76.0 Å². The SMILES string of the molecule is C/C=C/CCNC(C)COCC. The number of hydrogen-bond donors (Lipinski definition) is 1. The van der Waals surface area contributed by atoms with Crippen molar-refractivity contribution in [3.8, 4) is 0 Å². The first-order chi connectivity index (χ1) is 5.81. The number of ether oxygens (including phenoxy) is 1. The zero-order valence-electron chi connectivity index (χ0n) is 8.47. The van der Waals surface area contributed by atoms with Gasteiger partial charge in [0.25, 0.3) is 0 Å². The molecular formula is C10H21NO. The third kappa shape index (κ3) is 7.76. The first-order valence-electron chi connectivity index (χ1n) is 4.73. The van der Waals surface area contributed by atoms with E-state index in [-0.39, 0.29) is 0 Å². The summed E-state index contributed by atoms with van der Waals surface area (Å²) in [6, 6.07) is 0.468. The Morgan fingerprint density at radius 1 is 1.50 bits per heavy atom. The van der Waals surface area contributed by atoms with Crippen LogP contribution in [0.4, 0.5) is 0 Å². The third-order valence-electron chi connectivity index (χ3n) is 1.61. The summed E-state index contributed by atoms with van der Waals surface area (Å²) < 4.78 is 5.27. The Morgan fingerprint density at radius 3 is 2.83 bits per heavy atom. The predicted molar refractivity (Wildman–Crippen MR) is 53.4 cm³/mol. The van der Waals surface area contributed by atoms with Gasteiger partial charge in [-0.1, -0.05) is 12.2 Å². The summed E-state index contributed by atoms with van der Waals surface area (Å²) in [5.41, 5.74) is 0. The van der Waals surface area contributed by atoms with E-state index in [1.165, 1.54) is 0 Å². The predicted octanol–water partition coefficient (Wildman–Crippen LogP) is 1.97. The molecule has 1 N–H and O–H groups in total. The Morgan fingerprint density at radius 2 is 2.25 bits per heavy atom. The van der Waals surface area contributed by atoms with Gasteiger partial charge in [-0.05, 0) is 33.7 Å². The lowest BCUT2D eigenvalue weighted by molar-refractivity contribution is 0.127. The Hall–Kier alpha value is -0.340. The minimum absolute atomic E-state index is 0.468. The van der Waals surface area contributed by atoms with Gasteiger partial charge in [-0.25, -0.2) is 0 Å². The minimum atomic E-state index is 0.468. The molecule has 0 saturated carbocycles. The highest BCUT2D eigenvalue weighted by atomic mass is 16.5. The Kier molecular flexibility index (Phi) is 8.51. The molecule has 2 nitrogen and oxygen atoms in total. The molecule has 0 amide bonds. The van der Waals surface area contributed by atoms with Gasteiger partial charge in [-0.15, -0.1) is 0 Å². The van der Waals surface area contributed by atoms with Crippen molar-refractivity contribution in [3.63, 3.8) is 0 Å². The summed E-state index contributed by atoms with van der Waals surface area (Å²) in [6.07, 6.45) is 5.35. The fourth-order valence-corrected chi connectivity index (χ4v) is 0.933. The van der Waals surface area contributed by atoms with Crippen molar-refractivity contribution < 1.29 is 4.74 Å². The van der Waals surface area contributed by atoms with Crippen LogP contribution >= 0.6 is 0 Å². The van der Waals surface area contributed by atoms with Crippen LogP contribution < -0.4 is 5.32 Å². The van der Waals surface area contributed by atoms with Gasteiger partial charge in [0.15, 0.2) is 0 Å². The normalized spacial score (nSPS) is 13.9. The lowest BCUT2D eigenvalue weighted by Crippen LogP contribution is -2.31. The molecule has 72 valence electrons. The van der Waals surface area contributed by atoms with Gasteiger partial charge >= 0.3 is 0 Å². The van der Waals surface area contributed by atoms with Crippen molar-refractivity contribution >= 4 is 0 Å². The van der Waals surface area contributed by atoms with Crippen molar-refractivity contribution in [3.05, 3.63) is 12.2 Å². The summed E-state index contributed by atoms with van der Waals surface area (Å²) >= 11 is 0. The van der Waals surface area contributed by atoms with E-state index in [4.69, 9.17) is 4.74 Å². The van der Waals surface area contributed by atoms with Crippen LogP contribution in [-0.4, -0.2) is 25.8 Å². The minimum Gasteiger partial charge on any atom is -0.380 e. The third-order valence-corrected chi connectivity index (χ3v) is 1.61. The van der Waals surface area contributed by atoms with E-state index < -0.39 is 0 Å². The number of allylic oxidation sites excluding steroid dienone is 1. The maximum absolute atomic E-state index is 5.27. The maximum Gasteiger partial charge on any atom is 0.0616 e. The molecule has 0 aromatic carbocycles. The Bertz CT molecular complexity index is 112. The summed E-state index contributed by atoms with van der Waals surface area (Å²) in [4.78, 5) is 0. The fraction of sp³-hybridized carbons (Fsp3) is 0.800. The van der Waals surface area contributed by atoms with Gasteiger partial charge in [0.1, 0.15) is 0 Å². The number of rotatable bonds is 7. The molecule has 0 fully saturated rings. The van der Waals surface area contributed by atoms with Crippen molar-refractivity contribution in [2.24, 2.45) is 0 Å². The van der Waals surface area contributed by atoms with Crippen LogP contribution in [0.1, 0.15) is 27.2 Å². The van der Waals surface area contributed by atoms with Crippen LogP contribution in [0.5, 0.6) is 0 Å². The molecule has 12 heavy (non-hydrogen) atoms. The van der Waals surface area contributed by atoms with Crippen LogP contribution in [-0.2, 0) is 4.74 Å². The van der Waals surface area contributed by atoms with E-state index in [1.807, 2.05) is 13.8 Å². The van der Waals surface area contributed by atoms with Crippen LogP contribution in [0.25, 0.3) is 0 Å². The monoisotopic (exact) mass is 171 g/mol. The fourth-order valence-electron chi connectivity index (χ4n) is 0.933. The van der Waals surface area contributed by atoms with E-state index in [0.717, 1.165) is 26.2 Å². The van der Waals surface area contributed by atoms with Crippen LogP contribution in [0.15, 0.2) is 12.2 Å². The second-order valence-corrected chi connectivity index (χ2v) is 2.87. The van der Waals surface area contributed by atoms with E-state index in [9.17, 15) is 0 Å². The molecule has 2 heteroatoms. The van der Waals surface area contributed by atoms with Gasteiger partial charge in [-0.3, -0.25) is 0 Å². The average molecular weight is 171 g/mol. The van der Waals surface area contributed by atoms with Crippen LogP contribution in [0.2, 0.25) is 0 Å². The molecule has 1 atom stereocenters. The molecule has 0 aliphatic rings. The van der Waals surface area contributed by atoms with Crippen molar-refractivity contribution in [1.29, 1.82) is 0 Å². The zero-order chi connectivity index (χ0) is 9.23. The van der Waals surface area contributed by atoms with Crippen molar-refractivity contribution in [1.82, 2.24) is 5.32 Å². The summed E-state index contributed by atoms with van der Waals surface area (Å²) in [6.45, 7) is 8.87. The highest BCUT2D eigenvalue weighted by Gasteiger charge is 1.97. The topological polar surface area (TPSA) is 21.3 Å². The molecule has 0 radical (unpaired) electrons. The van der Waals surface area contributed by atoms with Crippen LogP contribution in [0.3, 0.4) is 0 Å². The molecule has 0 spiro atoms. The van der Waals surface area contributed by atoms with Crippen molar-refractivity contribution in [2.45, 2.75) is 33.2 Å². The zero-order valence-corrected chi connectivity index (χ0v) is 8.47. The summed E-state index contributed by atoms with van der Waals surface area (Å²) in [7, 11) is 0. The summed E-state index contributed by atoms with van der Waals surface area (Å²) in [5.74, 6) is 0. The maximum atomic E-state index is 5.27. The molecule has 0 saturated heterocycles. The number of hydrogen-bond acceptors (Lipinski definition) is 2. The van der Waals surface area contributed by atoms with Crippen molar-refractivity contribution in [2.75, 3.05) is 19.8 Å². The standard InChI is InChI=1S/C10H21NO/c1-4-6-7-8-11-10(3)9-12-5-2/h4,6,10-11H,5,7-9H2,1-3H3/b6-4+. The van der Waals surface area contributed by atoms with E-state index in [1.54, 1.807) is 0 Å². The lowest BCUT2D eigenvalue weighted by Gasteiger charge is -2.12. The first kappa shape index (κ1) is 11.7. The molecule has 0 bridgehead atoms. The Balaban J connectivity index is 3.13. The van der Waals surface area contributed by atoms with E-state index in [0.29, 0.717) is 6.04 Å². The largest absolute Gasteiger partial charge is 0.380 e. The number of nitrogens with one attached hydrogen (secondary N) is 1. The molecule has 0 aliphatic carbocycles. The highest BCUT2D eigenvalue weighted by molar-refractivity contribution is 4.77. The lowest BCUT2D eigenvalue weighted by atomic mass is 10.3. The molecule has 0 aliphatic heterocycles. The van der Waals surface area contributed by atoms with Gasteiger partial charge in [0, 0.05) is 12.6 Å². The highest BCUT2D eigenvalue weighted by Crippen LogP contribution is 1.86. The second kappa shape index (κ2) is 8.75. The van der Waals surface area contributed by atoms with Gasteiger partial charge in [0.2, 0.25) is 0 Å². The molecule has 0 aromatic heterocycles. The van der Waals surface area contributed by atoms with Gasteiger partial charge < -0.3 is 10.1 Å². The van der Waals surface area contributed by atoms with Gasteiger partial charge in [-0.2, -0.15) is 0 Å². The second-order valence-electron chi connectivity index (χ2n) is 2.87. The quantitative estimate of drug-likeness (QED) is 0.467. The van der Waals surface area contributed by atoms with E-state index >= 15 is 0 Å². The summed E-state index contributed by atoms with van der Waals surface area (Å²) in [5, 5.41) is 3.38. The molecule has 0 rings (SSSR count). The molecular weight excluding hydrogens is 150 g/mol. The average Bonchev–Trinajstić information content (AvgIpc) is 2.09. The smallest absolute Gasteiger partial charge is 0.0616 e. The van der Waals surface area contributed by atoms with E-state index in [2.05, 4.69) is 24.4 Å². The first-order valence-corrected chi connectivity index (χ1v) is 4.73. The van der Waals surface area contributed by atoms with Crippen LogP contribution in [0, 0.1) is 0 Å².